The monoisotopic (exact) mass is 328 g/mol. The molecule has 1 aromatic carbocycles. The Hall–Kier alpha value is -3.08. The first kappa shape index (κ1) is 17.3. The number of nitrogens with zero attached hydrogens (tertiary/aromatic N) is 4. The lowest BCUT2D eigenvalue weighted by atomic mass is 9.87. The highest BCUT2D eigenvalue weighted by molar-refractivity contribution is 6.05. The van der Waals surface area contributed by atoms with Crippen LogP contribution in [0, 0.1) is 27.4 Å². The Morgan fingerprint density at radius 1 is 1.50 bits per heavy atom. The number of hydrogen-bond donors (Lipinski definition) is 0. The zero-order chi connectivity index (χ0) is 17.9. The van der Waals surface area contributed by atoms with E-state index < -0.39 is 28.8 Å². The summed E-state index contributed by atoms with van der Waals surface area (Å²) >= 11 is 0. The summed E-state index contributed by atoms with van der Waals surface area (Å²) < 4.78 is 0. The first-order valence-electron chi connectivity index (χ1n) is 7.45. The number of aliphatic imine (C=N–C) groups is 1. The second-order valence-corrected chi connectivity index (χ2v) is 5.45. The van der Waals surface area contributed by atoms with E-state index >= 15 is 0 Å². The van der Waals surface area contributed by atoms with E-state index in [2.05, 4.69) is 11.1 Å². The number of imide groups is 1. The molecule has 0 aromatic heterocycles. The maximum atomic E-state index is 12.4. The summed E-state index contributed by atoms with van der Waals surface area (Å²) in [7, 11) is 0. The molecule has 124 valence electrons. The van der Waals surface area contributed by atoms with Crippen molar-refractivity contribution in [2.45, 2.75) is 32.7 Å². The number of hydrogen-bond acceptors (Lipinski definition) is 5. The Morgan fingerprint density at radius 2 is 2.21 bits per heavy atom. The van der Waals surface area contributed by atoms with E-state index in [0.717, 1.165) is 4.90 Å². The van der Waals surface area contributed by atoms with Gasteiger partial charge in [-0.25, -0.2) is 9.79 Å². The Balaban J connectivity index is 2.59. The van der Waals surface area contributed by atoms with Crippen LogP contribution in [0.1, 0.15) is 38.3 Å². The molecule has 3 amide bonds. The largest absolute Gasteiger partial charge is 0.350 e. The maximum absolute atomic E-state index is 12.4. The van der Waals surface area contributed by atoms with Crippen LogP contribution in [0.3, 0.4) is 0 Å². The van der Waals surface area contributed by atoms with Gasteiger partial charge in [-0.1, -0.05) is 19.1 Å². The molecule has 0 fully saturated rings. The number of amides is 3. The van der Waals surface area contributed by atoms with Crippen molar-refractivity contribution >= 4 is 23.3 Å². The number of benzene rings is 1. The van der Waals surface area contributed by atoms with E-state index in [0.29, 0.717) is 17.7 Å². The van der Waals surface area contributed by atoms with Crippen molar-refractivity contribution in [1.29, 1.82) is 5.26 Å². The van der Waals surface area contributed by atoms with Gasteiger partial charge in [-0.05, 0) is 18.9 Å². The van der Waals surface area contributed by atoms with Gasteiger partial charge in [-0.2, -0.15) is 5.26 Å². The van der Waals surface area contributed by atoms with Gasteiger partial charge in [0.15, 0.2) is 0 Å². The fourth-order valence-electron chi connectivity index (χ4n) is 2.69. The van der Waals surface area contributed by atoms with E-state index in [4.69, 9.17) is 0 Å². The summed E-state index contributed by atoms with van der Waals surface area (Å²) in [6.07, 6.45) is 0.661. The highest BCUT2D eigenvalue weighted by Gasteiger charge is 2.41. The number of carbonyl (C=O) groups excluding carboxylic acids is 2. The van der Waals surface area contributed by atoms with Gasteiger partial charge in [0.2, 0.25) is 5.91 Å². The van der Waals surface area contributed by atoms with Crippen molar-refractivity contribution in [1.82, 2.24) is 4.90 Å². The molecule has 2 atom stereocenters. The predicted molar refractivity (Wildman–Crippen MR) is 85.2 cm³/mol. The summed E-state index contributed by atoms with van der Waals surface area (Å²) in [4.78, 5) is 39.8. The average molecular weight is 328 g/mol. The van der Waals surface area contributed by atoms with Gasteiger partial charge < -0.3 is 0 Å². The van der Waals surface area contributed by atoms with Gasteiger partial charge >= 0.3 is 6.03 Å². The van der Waals surface area contributed by atoms with Crippen LogP contribution in [0.25, 0.3) is 0 Å². The van der Waals surface area contributed by atoms with Gasteiger partial charge in [0.1, 0.15) is 5.92 Å². The molecule has 0 radical (unpaired) electrons. The van der Waals surface area contributed by atoms with Crippen LogP contribution in [0.2, 0.25) is 0 Å². The molecule has 2 unspecified atom stereocenters. The molecule has 0 bridgehead atoms. The molecular weight excluding hydrogens is 312 g/mol. The topological polar surface area (TPSA) is 117 Å². The van der Waals surface area contributed by atoms with E-state index in [1.165, 1.54) is 25.1 Å². The average Bonchev–Trinajstić information content (AvgIpc) is 2.54. The molecule has 24 heavy (non-hydrogen) atoms. The lowest BCUT2D eigenvalue weighted by Crippen LogP contribution is -2.46. The van der Waals surface area contributed by atoms with Crippen molar-refractivity contribution < 1.29 is 14.5 Å². The molecule has 0 N–H and O–H groups in total. The fraction of sp³-hybridized carbons (Fsp3) is 0.375. The standard InChI is InChI=1S/C16H16N4O4/c1-3-5-14(21)19-15(13(9-17)10(2)18-16(19)22)11-6-4-7-12(8-11)20(23)24/h4,6-8,13,15H,3,5H2,1-2H3. The third kappa shape index (κ3) is 3.15. The Kier molecular flexibility index (Phi) is 5.04. The minimum Gasteiger partial charge on any atom is -0.274 e. The molecule has 1 aliphatic rings. The van der Waals surface area contributed by atoms with Gasteiger partial charge in [0.25, 0.3) is 5.69 Å². The Labute approximate surface area is 138 Å². The number of nitro groups is 1. The van der Waals surface area contributed by atoms with E-state index in [9.17, 15) is 25.0 Å². The molecule has 0 aliphatic carbocycles. The lowest BCUT2D eigenvalue weighted by molar-refractivity contribution is -0.385. The quantitative estimate of drug-likeness (QED) is 0.622. The van der Waals surface area contributed by atoms with Crippen LogP contribution >= 0.6 is 0 Å². The van der Waals surface area contributed by atoms with Crippen LogP contribution < -0.4 is 0 Å². The van der Waals surface area contributed by atoms with Crippen LogP contribution in [0.15, 0.2) is 29.3 Å². The summed E-state index contributed by atoms with van der Waals surface area (Å²) in [5, 5.41) is 20.5. The molecule has 1 heterocycles. The summed E-state index contributed by atoms with van der Waals surface area (Å²) in [6.45, 7) is 3.34. The van der Waals surface area contributed by atoms with Gasteiger partial charge in [-0.15, -0.1) is 0 Å². The normalized spacial score (nSPS) is 20.3. The molecule has 1 aliphatic heterocycles. The number of rotatable bonds is 4. The lowest BCUT2D eigenvalue weighted by Gasteiger charge is -2.35. The molecule has 0 saturated carbocycles. The zero-order valence-electron chi connectivity index (χ0n) is 13.3. The van der Waals surface area contributed by atoms with E-state index in [-0.39, 0.29) is 12.1 Å². The third-order valence-electron chi connectivity index (χ3n) is 3.82. The molecule has 2 rings (SSSR count). The highest BCUT2D eigenvalue weighted by Crippen LogP contribution is 2.35. The van der Waals surface area contributed by atoms with Crippen LogP contribution in [-0.2, 0) is 4.79 Å². The second kappa shape index (κ2) is 7.00. The molecule has 0 spiro atoms. The van der Waals surface area contributed by atoms with Gasteiger partial charge in [0.05, 0.1) is 17.0 Å². The zero-order valence-corrected chi connectivity index (χ0v) is 13.3. The fourth-order valence-corrected chi connectivity index (χ4v) is 2.69. The van der Waals surface area contributed by atoms with Crippen LogP contribution in [0.5, 0.6) is 0 Å². The molecule has 1 aromatic rings. The predicted octanol–water partition coefficient (Wildman–Crippen LogP) is 3.00. The first-order valence-corrected chi connectivity index (χ1v) is 7.45. The maximum Gasteiger partial charge on any atom is 0.350 e. The SMILES string of the molecule is CCCC(=O)N1C(=O)N=C(C)C(C#N)C1c1cccc([N+](=O)[O-])c1. The number of nitriles is 1. The molecule has 8 heteroatoms. The minimum atomic E-state index is -0.918. The van der Waals surface area contributed by atoms with Crippen LogP contribution in [-0.4, -0.2) is 27.5 Å². The second-order valence-electron chi connectivity index (χ2n) is 5.45. The van der Waals surface area contributed by atoms with Gasteiger partial charge in [0, 0.05) is 24.3 Å². The summed E-state index contributed by atoms with van der Waals surface area (Å²) in [5.74, 6) is -1.29. The first-order chi connectivity index (χ1) is 11.4. The summed E-state index contributed by atoms with van der Waals surface area (Å²) in [5.41, 5.74) is 0.488. The van der Waals surface area contributed by atoms with Crippen molar-refractivity contribution in [3.63, 3.8) is 0 Å². The number of non-ortho nitro benzene ring substituents is 1. The molecule has 8 nitrogen and oxygen atoms in total. The third-order valence-corrected chi connectivity index (χ3v) is 3.82. The smallest absolute Gasteiger partial charge is 0.274 e. The number of urea groups is 1. The Morgan fingerprint density at radius 3 is 2.79 bits per heavy atom. The van der Waals surface area contributed by atoms with E-state index in [1.807, 2.05) is 0 Å². The highest BCUT2D eigenvalue weighted by atomic mass is 16.6. The van der Waals surface area contributed by atoms with Crippen LogP contribution in [0.4, 0.5) is 10.5 Å². The summed E-state index contributed by atoms with van der Waals surface area (Å²) in [6, 6.07) is 6.03. The Bertz CT molecular complexity index is 766. The number of carbonyl (C=O) groups is 2. The van der Waals surface area contributed by atoms with Crippen molar-refractivity contribution in [2.75, 3.05) is 0 Å². The van der Waals surface area contributed by atoms with Crippen molar-refractivity contribution in [3.8, 4) is 6.07 Å². The van der Waals surface area contributed by atoms with Gasteiger partial charge in [-0.3, -0.25) is 19.8 Å². The molecular formula is C16H16N4O4. The molecule has 0 saturated heterocycles. The van der Waals surface area contributed by atoms with Crippen molar-refractivity contribution in [2.24, 2.45) is 10.9 Å². The van der Waals surface area contributed by atoms with Crippen molar-refractivity contribution in [3.05, 3.63) is 39.9 Å². The van der Waals surface area contributed by atoms with E-state index in [1.54, 1.807) is 13.0 Å². The number of nitro benzene ring substituents is 1. The minimum absolute atomic E-state index is 0.129.